The topological polar surface area (TPSA) is 52.8 Å². The zero-order valence-corrected chi connectivity index (χ0v) is 16.0. The van der Waals surface area contributed by atoms with E-state index in [0.29, 0.717) is 22.7 Å². The van der Waals surface area contributed by atoms with Crippen molar-refractivity contribution < 1.29 is 14.3 Å². The van der Waals surface area contributed by atoms with Gasteiger partial charge in [0.2, 0.25) is 0 Å². The van der Waals surface area contributed by atoms with Crippen LogP contribution in [0.15, 0.2) is 47.5 Å². The summed E-state index contributed by atoms with van der Waals surface area (Å²) in [5.74, 6) is 1.19. The van der Waals surface area contributed by atoms with Gasteiger partial charge in [0.05, 0.1) is 18.4 Å². The maximum atomic E-state index is 12.7. The van der Waals surface area contributed by atoms with E-state index in [9.17, 15) is 4.79 Å². The summed E-state index contributed by atoms with van der Waals surface area (Å²) in [6.07, 6.45) is 0.937. The first-order chi connectivity index (χ1) is 12.7. The second-order valence-electron chi connectivity index (χ2n) is 5.72. The van der Waals surface area contributed by atoms with Gasteiger partial charge in [-0.3, -0.25) is 4.79 Å². The van der Waals surface area contributed by atoms with E-state index >= 15 is 0 Å². The molecule has 1 amide bonds. The zero-order valence-electron chi connectivity index (χ0n) is 15.2. The molecule has 6 heteroatoms. The van der Waals surface area contributed by atoms with Gasteiger partial charge in [0, 0.05) is 12.1 Å². The van der Waals surface area contributed by atoms with Crippen molar-refractivity contribution >= 4 is 27.5 Å². The highest BCUT2D eigenvalue weighted by atomic mass is 32.1. The van der Waals surface area contributed by atoms with Gasteiger partial charge in [-0.2, -0.15) is 4.99 Å². The van der Waals surface area contributed by atoms with Gasteiger partial charge >= 0.3 is 0 Å². The molecule has 0 bridgehead atoms. The molecule has 0 saturated heterocycles. The highest BCUT2D eigenvalue weighted by Crippen LogP contribution is 2.28. The highest BCUT2D eigenvalue weighted by Gasteiger charge is 2.13. The van der Waals surface area contributed by atoms with Gasteiger partial charge in [-0.1, -0.05) is 30.4 Å². The van der Waals surface area contributed by atoms with Crippen LogP contribution in [0.4, 0.5) is 0 Å². The summed E-state index contributed by atoms with van der Waals surface area (Å²) in [5, 5.41) is 0. The molecule has 0 aliphatic carbocycles. The van der Waals surface area contributed by atoms with E-state index in [2.05, 4.69) is 16.5 Å². The third-order valence-corrected chi connectivity index (χ3v) is 4.97. The van der Waals surface area contributed by atoms with Crippen molar-refractivity contribution in [1.82, 2.24) is 4.57 Å². The van der Waals surface area contributed by atoms with Crippen molar-refractivity contribution in [2.45, 2.75) is 26.8 Å². The van der Waals surface area contributed by atoms with Crippen LogP contribution in [0.3, 0.4) is 0 Å². The molecule has 1 aromatic heterocycles. The molecule has 0 saturated carbocycles. The normalized spacial score (nSPS) is 11.7. The average Bonchev–Trinajstić information content (AvgIpc) is 3.00. The molecule has 0 atom stereocenters. The van der Waals surface area contributed by atoms with Crippen molar-refractivity contribution in [1.29, 1.82) is 0 Å². The number of hydrogen-bond acceptors (Lipinski definition) is 4. The minimum atomic E-state index is -0.279. The van der Waals surface area contributed by atoms with Gasteiger partial charge in [0.15, 0.2) is 4.80 Å². The number of benzene rings is 2. The third kappa shape index (κ3) is 3.65. The summed E-state index contributed by atoms with van der Waals surface area (Å²) in [6.45, 7) is 5.44. The van der Waals surface area contributed by atoms with Crippen LogP contribution in [0, 0.1) is 0 Å². The molecule has 2 aromatic carbocycles. The molecule has 0 fully saturated rings. The Morgan fingerprint density at radius 1 is 1.19 bits per heavy atom. The number of methoxy groups -OCH3 is 1. The number of aryl methyl sites for hydroxylation is 1. The van der Waals surface area contributed by atoms with Crippen LogP contribution in [0.25, 0.3) is 10.2 Å². The van der Waals surface area contributed by atoms with Crippen molar-refractivity contribution in [3.63, 3.8) is 0 Å². The quantitative estimate of drug-likeness (QED) is 0.651. The van der Waals surface area contributed by atoms with Crippen molar-refractivity contribution in [3.05, 3.63) is 52.8 Å². The molecule has 136 valence electrons. The highest BCUT2D eigenvalue weighted by molar-refractivity contribution is 7.16. The van der Waals surface area contributed by atoms with E-state index in [-0.39, 0.29) is 5.91 Å². The molecular weight excluding hydrogens is 348 g/mol. The monoisotopic (exact) mass is 370 g/mol. The van der Waals surface area contributed by atoms with E-state index in [1.165, 1.54) is 11.3 Å². The van der Waals surface area contributed by atoms with E-state index in [0.717, 1.165) is 28.9 Å². The predicted molar refractivity (Wildman–Crippen MR) is 104 cm³/mol. The molecule has 3 rings (SSSR count). The van der Waals surface area contributed by atoms with Gasteiger partial charge < -0.3 is 14.0 Å². The lowest BCUT2D eigenvalue weighted by atomic mass is 10.2. The Bertz CT molecular complexity index is 988. The maximum Gasteiger partial charge on any atom is 0.279 e. The van der Waals surface area contributed by atoms with Crippen LogP contribution < -0.4 is 14.3 Å². The second kappa shape index (κ2) is 8.19. The third-order valence-electron chi connectivity index (χ3n) is 3.92. The number of amides is 1. The van der Waals surface area contributed by atoms with E-state index in [4.69, 9.17) is 9.47 Å². The summed E-state index contributed by atoms with van der Waals surface area (Å²) >= 11 is 1.50. The first-order valence-electron chi connectivity index (χ1n) is 8.66. The number of fused-ring (bicyclic) bond motifs is 1. The Hall–Kier alpha value is -2.60. The molecule has 3 aromatic rings. The lowest BCUT2D eigenvalue weighted by Crippen LogP contribution is -2.17. The lowest BCUT2D eigenvalue weighted by Gasteiger charge is -2.08. The first-order valence-corrected chi connectivity index (χ1v) is 9.47. The summed E-state index contributed by atoms with van der Waals surface area (Å²) in [7, 11) is 1.58. The summed E-state index contributed by atoms with van der Waals surface area (Å²) < 4.78 is 14.1. The van der Waals surface area contributed by atoms with E-state index < -0.39 is 0 Å². The van der Waals surface area contributed by atoms with Crippen LogP contribution in [-0.4, -0.2) is 24.2 Å². The fourth-order valence-electron chi connectivity index (χ4n) is 2.79. The Morgan fingerprint density at radius 2 is 2.00 bits per heavy atom. The minimum absolute atomic E-state index is 0.279. The van der Waals surface area contributed by atoms with Gasteiger partial charge in [-0.05, 0) is 43.7 Å². The largest absolute Gasteiger partial charge is 0.497 e. The van der Waals surface area contributed by atoms with Gasteiger partial charge in [0.25, 0.3) is 5.91 Å². The number of carbonyl (C=O) groups is 1. The Labute approximate surface area is 156 Å². The number of nitrogens with zero attached hydrogens (tertiary/aromatic N) is 2. The Kier molecular flexibility index (Phi) is 5.73. The molecule has 0 radical (unpaired) electrons. The predicted octanol–water partition coefficient (Wildman–Crippen LogP) is 4.26. The molecule has 0 aliphatic heterocycles. The van der Waals surface area contributed by atoms with Crippen LogP contribution >= 0.6 is 11.3 Å². The Balaban J connectivity index is 2.13. The second-order valence-corrected chi connectivity index (χ2v) is 6.73. The standard InChI is InChI=1S/C20H22N2O3S/c1-4-12-22-18-16(25-5-2)10-7-11-17(18)26-20(22)21-19(23)14-8-6-9-15(13-14)24-3/h6-11,13H,4-5,12H2,1-3H3. The fraction of sp³-hybridized carbons (Fsp3) is 0.300. The van der Waals surface area contributed by atoms with Crippen LogP contribution in [-0.2, 0) is 6.54 Å². The zero-order chi connectivity index (χ0) is 18.5. The van der Waals surface area contributed by atoms with Gasteiger partial charge in [0.1, 0.15) is 17.0 Å². The van der Waals surface area contributed by atoms with E-state index in [1.807, 2.05) is 31.2 Å². The number of aromatic nitrogens is 1. The smallest absolute Gasteiger partial charge is 0.279 e. The molecule has 26 heavy (non-hydrogen) atoms. The first kappa shape index (κ1) is 18.2. The van der Waals surface area contributed by atoms with Crippen molar-refractivity contribution in [3.8, 4) is 11.5 Å². The van der Waals surface area contributed by atoms with Gasteiger partial charge in [-0.15, -0.1) is 0 Å². The molecule has 0 spiro atoms. The number of para-hydroxylation sites is 1. The molecular formula is C20H22N2O3S. The number of ether oxygens (including phenoxy) is 2. The van der Waals surface area contributed by atoms with Crippen LogP contribution in [0.5, 0.6) is 11.5 Å². The van der Waals surface area contributed by atoms with E-state index in [1.54, 1.807) is 25.3 Å². The SMILES string of the molecule is CCCn1c(=NC(=O)c2cccc(OC)c2)sc2cccc(OCC)c21. The van der Waals surface area contributed by atoms with Gasteiger partial charge in [-0.25, -0.2) is 0 Å². The van der Waals surface area contributed by atoms with Crippen molar-refractivity contribution in [2.24, 2.45) is 4.99 Å². The number of carbonyl (C=O) groups excluding carboxylic acids is 1. The average molecular weight is 370 g/mol. The summed E-state index contributed by atoms with van der Waals surface area (Å²) in [6, 6.07) is 13.0. The summed E-state index contributed by atoms with van der Waals surface area (Å²) in [4.78, 5) is 17.7. The number of thiazole rings is 1. The molecule has 1 heterocycles. The van der Waals surface area contributed by atoms with Crippen LogP contribution in [0.1, 0.15) is 30.6 Å². The summed E-state index contributed by atoms with van der Waals surface area (Å²) in [5.41, 5.74) is 1.51. The number of hydrogen-bond donors (Lipinski definition) is 0. The maximum absolute atomic E-state index is 12.7. The number of rotatable bonds is 6. The Morgan fingerprint density at radius 3 is 2.73 bits per heavy atom. The molecule has 5 nitrogen and oxygen atoms in total. The molecule has 0 unspecified atom stereocenters. The lowest BCUT2D eigenvalue weighted by molar-refractivity contribution is 0.0997. The fourth-order valence-corrected chi connectivity index (χ4v) is 3.87. The molecule has 0 aliphatic rings. The van der Waals surface area contributed by atoms with Crippen LogP contribution in [0.2, 0.25) is 0 Å². The van der Waals surface area contributed by atoms with Crippen molar-refractivity contribution in [2.75, 3.05) is 13.7 Å². The minimum Gasteiger partial charge on any atom is -0.497 e. The molecule has 0 N–H and O–H groups in total.